The molecule has 28 heavy (non-hydrogen) atoms. The number of amides is 2. The average molecular weight is 397 g/mol. The number of anilines is 2. The first kappa shape index (κ1) is 18.0. The fraction of sp³-hybridized carbons (Fsp3) is 0.0476. The van der Waals surface area contributed by atoms with Crippen molar-refractivity contribution >= 4 is 34.8 Å². The number of hydrogen-bond donors (Lipinski definition) is 1. The highest BCUT2D eigenvalue weighted by Gasteiger charge is 2.26. The fourth-order valence-corrected chi connectivity index (χ4v) is 3.25. The van der Waals surface area contributed by atoms with E-state index in [0.717, 1.165) is 6.07 Å². The zero-order valence-corrected chi connectivity index (χ0v) is 15.5. The summed E-state index contributed by atoms with van der Waals surface area (Å²) in [7, 11) is 1.64. The summed E-state index contributed by atoms with van der Waals surface area (Å²) in [6.07, 6.45) is 0. The SMILES string of the molecule is CN1C(=O)c2cc(NC(=O)c3c(F)cccc3Cl)ccc2Oc2ccccc21. The predicted octanol–water partition coefficient (Wildman–Crippen LogP) is 5.11. The molecule has 0 aromatic heterocycles. The summed E-state index contributed by atoms with van der Waals surface area (Å²) in [5.41, 5.74) is 0.967. The molecule has 7 heteroatoms. The molecule has 0 aliphatic carbocycles. The number of halogens is 2. The Morgan fingerprint density at radius 1 is 1.07 bits per heavy atom. The summed E-state index contributed by atoms with van der Waals surface area (Å²) in [5, 5.41) is 2.58. The summed E-state index contributed by atoms with van der Waals surface area (Å²) in [6, 6.07) is 15.8. The molecule has 0 unspecified atom stereocenters. The molecule has 3 aromatic rings. The molecule has 4 rings (SSSR count). The number of hydrogen-bond acceptors (Lipinski definition) is 3. The molecule has 0 spiro atoms. The normalized spacial score (nSPS) is 12.5. The third-order valence-electron chi connectivity index (χ3n) is 4.41. The van der Waals surface area contributed by atoms with Gasteiger partial charge in [0, 0.05) is 12.7 Å². The molecule has 0 fully saturated rings. The van der Waals surface area contributed by atoms with Gasteiger partial charge in [0.25, 0.3) is 11.8 Å². The van der Waals surface area contributed by atoms with Gasteiger partial charge in [0.15, 0.2) is 5.75 Å². The van der Waals surface area contributed by atoms with Gasteiger partial charge in [0.1, 0.15) is 11.6 Å². The maximum atomic E-state index is 14.0. The van der Waals surface area contributed by atoms with Crippen LogP contribution in [0.15, 0.2) is 60.7 Å². The van der Waals surface area contributed by atoms with Crippen molar-refractivity contribution in [1.29, 1.82) is 0 Å². The van der Waals surface area contributed by atoms with E-state index in [1.807, 2.05) is 12.1 Å². The van der Waals surface area contributed by atoms with Crippen LogP contribution >= 0.6 is 11.6 Å². The Hall–Kier alpha value is -3.38. The molecule has 0 saturated heterocycles. The highest BCUT2D eigenvalue weighted by atomic mass is 35.5. The molecule has 0 saturated carbocycles. The number of nitrogens with one attached hydrogen (secondary N) is 1. The molecule has 0 bridgehead atoms. The second kappa shape index (κ2) is 6.98. The molecule has 2 amide bonds. The van der Waals surface area contributed by atoms with Crippen molar-refractivity contribution in [1.82, 2.24) is 0 Å². The molecule has 5 nitrogen and oxygen atoms in total. The summed E-state index contributed by atoms with van der Waals surface area (Å²) in [4.78, 5) is 26.8. The largest absolute Gasteiger partial charge is 0.454 e. The minimum atomic E-state index is -0.727. The quantitative estimate of drug-likeness (QED) is 0.654. The summed E-state index contributed by atoms with van der Waals surface area (Å²) < 4.78 is 19.8. The lowest BCUT2D eigenvalue weighted by Gasteiger charge is -2.16. The van der Waals surface area contributed by atoms with E-state index in [1.165, 1.54) is 23.1 Å². The van der Waals surface area contributed by atoms with Gasteiger partial charge >= 0.3 is 0 Å². The Labute approximate surface area is 165 Å². The van der Waals surface area contributed by atoms with Crippen LogP contribution in [-0.4, -0.2) is 18.9 Å². The lowest BCUT2D eigenvalue weighted by molar-refractivity contribution is 0.0989. The van der Waals surface area contributed by atoms with Crippen LogP contribution < -0.4 is 15.0 Å². The molecule has 1 aliphatic rings. The van der Waals surface area contributed by atoms with Crippen LogP contribution in [0.1, 0.15) is 20.7 Å². The van der Waals surface area contributed by atoms with Crippen molar-refractivity contribution in [3.63, 3.8) is 0 Å². The van der Waals surface area contributed by atoms with Crippen LogP contribution in [0.3, 0.4) is 0 Å². The number of para-hydroxylation sites is 2. The molecule has 140 valence electrons. The van der Waals surface area contributed by atoms with Crippen molar-refractivity contribution in [2.75, 3.05) is 17.3 Å². The molecule has 1 N–H and O–H groups in total. The molecule has 3 aromatic carbocycles. The zero-order chi connectivity index (χ0) is 19.8. The third kappa shape index (κ3) is 3.08. The Balaban J connectivity index is 1.68. The Kier molecular flexibility index (Phi) is 4.49. The van der Waals surface area contributed by atoms with E-state index in [-0.39, 0.29) is 22.1 Å². The molecular weight excluding hydrogens is 383 g/mol. The summed E-state index contributed by atoms with van der Waals surface area (Å²) in [5.74, 6) is -0.813. The number of benzene rings is 3. The van der Waals surface area contributed by atoms with E-state index in [9.17, 15) is 14.0 Å². The van der Waals surface area contributed by atoms with E-state index < -0.39 is 11.7 Å². The van der Waals surface area contributed by atoms with E-state index in [4.69, 9.17) is 16.3 Å². The van der Waals surface area contributed by atoms with Gasteiger partial charge in [-0.15, -0.1) is 0 Å². The molecule has 0 atom stereocenters. The van der Waals surface area contributed by atoms with Gasteiger partial charge in [0.2, 0.25) is 0 Å². The van der Waals surface area contributed by atoms with Crippen molar-refractivity contribution in [2.24, 2.45) is 0 Å². The third-order valence-corrected chi connectivity index (χ3v) is 4.72. The van der Waals surface area contributed by atoms with Gasteiger partial charge in [-0.2, -0.15) is 0 Å². The van der Waals surface area contributed by atoms with Crippen LogP contribution in [0, 0.1) is 5.82 Å². The first-order valence-electron chi connectivity index (χ1n) is 8.40. The van der Waals surface area contributed by atoms with E-state index in [0.29, 0.717) is 22.9 Å². The number of carbonyl (C=O) groups is 2. The topological polar surface area (TPSA) is 58.6 Å². The van der Waals surface area contributed by atoms with Gasteiger partial charge in [-0.1, -0.05) is 29.8 Å². The van der Waals surface area contributed by atoms with Crippen LogP contribution in [0.4, 0.5) is 15.8 Å². The fourth-order valence-electron chi connectivity index (χ4n) is 3.00. The summed E-state index contributed by atoms with van der Waals surface area (Å²) >= 11 is 5.94. The average Bonchev–Trinajstić information content (AvgIpc) is 2.77. The minimum absolute atomic E-state index is 0.00172. The van der Waals surface area contributed by atoms with Crippen molar-refractivity contribution in [2.45, 2.75) is 0 Å². The number of ether oxygens (including phenoxy) is 1. The number of carbonyl (C=O) groups excluding carboxylic acids is 2. The van der Waals surface area contributed by atoms with E-state index in [1.54, 1.807) is 31.3 Å². The van der Waals surface area contributed by atoms with Crippen molar-refractivity contribution in [3.05, 3.63) is 82.6 Å². The first-order chi connectivity index (χ1) is 13.5. The molecule has 1 aliphatic heterocycles. The standard InChI is InChI=1S/C21H14ClFN2O3/c1-25-16-7-2-3-8-18(16)28-17-10-9-12(11-13(17)21(25)27)24-20(26)19-14(22)5-4-6-15(19)23/h2-11H,1H3,(H,24,26). The van der Waals surface area contributed by atoms with Gasteiger partial charge in [-0.3, -0.25) is 9.59 Å². The molecular formula is C21H14ClFN2O3. The Bertz CT molecular complexity index is 1100. The van der Waals surface area contributed by atoms with Crippen molar-refractivity contribution in [3.8, 4) is 11.5 Å². The number of fused-ring (bicyclic) bond motifs is 2. The monoisotopic (exact) mass is 396 g/mol. The Morgan fingerprint density at radius 3 is 2.64 bits per heavy atom. The van der Waals surface area contributed by atoms with Crippen molar-refractivity contribution < 1.29 is 18.7 Å². The minimum Gasteiger partial charge on any atom is -0.454 e. The van der Waals surface area contributed by atoms with E-state index in [2.05, 4.69) is 5.32 Å². The van der Waals surface area contributed by atoms with E-state index >= 15 is 0 Å². The maximum absolute atomic E-state index is 14.0. The second-order valence-corrected chi connectivity index (χ2v) is 6.60. The maximum Gasteiger partial charge on any atom is 0.261 e. The van der Waals surface area contributed by atoms with Gasteiger partial charge in [-0.05, 0) is 42.5 Å². The summed E-state index contributed by atoms with van der Waals surface area (Å²) in [6.45, 7) is 0. The van der Waals surface area contributed by atoms with Crippen LogP contribution in [-0.2, 0) is 0 Å². The lowest BCUT2D eigenvalue weighted by Crippen LogP contribution is -2.25. The highest BCUT2D eigenvalue weighted by molar-refractivity contribution is 6.34. The van der Waals surface area contributed by atoms with Crippen LogP contribution in [0.5, 0.6) is 11.5 Å². The van der Waals surface area contributed by atoms with Gasteiger partial charge in [0.05, 0.1) is 21.8 Å². The van der Waals surface area contributed by atoms with Crippen LogP contribution in [0.2, 0.25) is 5.02 Å². The smallest absolute Gasteiger partial charge is 0.261 e. The predicted molar refractivity (Wildman–Crippen MR) is 105 cm³/mol. The van der Waals surface area contributed by atoms with Gasteiger partial charge < -0.3 is 15.0 Å². The molecule has 0 radical (unpaired) electrons. The lowest BCUT2D eigenvalue weighted by atomic mass is 10.1. The highest BCUT2D eigenvalue weighted by Crippen LogP contribution is 2.38. The van der Waals surface area contributed by atoms with Crippen LogP contribution in [0.25, 0.3) is 0 Å². The number of nitrogens with zero attached hydrogens (tertiary/aromatic N) is 1. The van der Waals surface area contributed by atoms with Gasteiger partial charge in [-0.25, -0.2) is 4.39 Å². The second-order valence-electron chi connectivity index (χ2n) is 6.20. The Morgan fingerprint density at radius 2 is 1.86 bits per heavy atom. The molecule has 1 heterocycles. The zero-order valence-electron chi connectivity index (χ0n) is 14.7. The first-order valence-corrected chi connectivity index (χ1v) is 8.78. The number of rotatable bonds is 2.